The number of nitrogens with zero attached hydrogens (tertiary/aromatic N) is 3. The maximum Gasteiger partial charge on any atom is 0.425 e. The van der Waals surface area contributed by atoms with Gasteiger partial charge in [0.05, 0.1) is 12.1 Å². The number of carbonyl (C=O) groups excluding carboxylic acids is 3. The first-order valence-corrected chi connectivity index (χ1v) is 10.2. The van der Waals surface area contributed by atoms with Crippen molar-refractivity contribution in [2.45, 2.75) is 44.9 Å². The molecule has 172 valence electrons. The Morgan fingerprint density at radius 2 is 1.79 bits per heavy atom. The van der Waals surface area contributed by atoms with Gasteiger partial charge in [-0.25, -0.2) is 0 Å². The first-order valence-electron chi connectivity index (χ1n) is 10.2. The van der Waals surface area contributed by atoms with Gasteiger partial charge in [0.25, 0.3) is 11.8 Å². The van der Waals surface area contributed by atoms with Crippen LogP contribution in [0.1, 0.15) is 42.6 Å². The van der Waals surface area contributed by atoms with Crippen LogP contribution in [0.15, 0.2) is 60.3 Å². The number of allylic oxidation sites excluding steroid dienone is 1. The number of hydrogen-bond donors (Lipinski definition) is 1. The molecule has 7 nitrogen and oxygen atoms in total. The van der Waals surface area contributed by atoms with Gasteiger partial charge in [0, 0.05) is 42.5 Å². The number of alkyl halides is 3. The number of rotatable bonds is 4. The lowest BCUT2D eigenvalue weighted by atomic mass is 9.72. The van der Waals surface area contributed by atoms with E-state index in [1.165, 1.54) is 36.9 Å². The monoisotopic (exact) mass is 458 g/mol. The van der Waals surface area contributed by atoms with Gasteiger partial charge in [-0.3, -0.25) is 24.4 Å². The summed E-state index contributed by atoms with van der Waals surface area (Å²) >= 11 is 0. The van der Waals surface area contributed by atoms with Crippen molar-refractivity contribution in [3.8, 4) is 0 Å². The molecule has 10 heteroatoms. The zero-order valence-electron chi connectivity index (χ0n) is 17.9. The summed E-state index contributed by atoms with van der Waals surface area (Å²) in [5.74, 6) is -3.34. The number of hydrogen-bond acceptors (Lipinski definition) is 5. The van der Waals surface area contributed by atoms with E-state index in [9.17, 15) is 27.6 Å². The minimum Gasteiger partial charge on any atom is -0.326 e. The zero-order valence-corrected chi connectivity index (χ0v) is 17.9. The minimum atomic E-state index is -5.26. The summed E-state index contributed by atoms with van der Waals surface area (Å²) in [7, 11) is 0. The molecule has 2 amide bonds. The second-order valence-corrected chi connectivity index (χ2v) is 8.95. The van der Waals surface area contributed by atoms with E-state index in [4.69, 9.17) is 0 Å². The number of pyridine rings is 2. The van der Waals surface area contributed by atoms with Crippen LogP contribution >= 0.6 is 0 Å². The average molecular weight is 458 g/mol. The smallest absolute Gasteiger partial charge is 0.326 e. The highest BCUT2D eigenvalue weighted by Crippen LogP contribution is 2.52. The Kier molecular flexibility index (Phi) is 5.34. The van der Waals surface area contributed by atoms with E-state index in [1.54, 1.807) is 26.0 Å². The molecule has 2 aromatic rings. The molecule has 1 atom stereocenters. The number of amides is 2. The van der Waals surface area contributed by atoms with Crippen molar-refractivity contribution in [1.82, 2.24) is 20.2 Å². The minimum absolute atomic E-state index is 0.0162. The van der Waals surface area contributed by atoms with Crippen LogP contribution in [0, 0.1) is 5.41 Å². The summed E-state index contributed by atoms with van der Waals surface area (Å²) in [5, 5.41) is 1.89. The molecular weight excluding hydrogens is 437 g/mol. The standard InChI is InChI=1S/C23H21F3N4O3/c1-21(2)10-16-18(17(31)11-21)22(23(24,25)26,29-19(32)15-5-8-27-9-6-15)20(33)30(16)13-14-4-3-7-28-12-14/h3-9,12H,10-11,13H2,1-2H3,(H,29,32)/t22-/m0/s1. The molecule has 0 saturated carbocycles. The number of ketones is 1. The number of carbonyl (C=O) groups is 3. The van der Waals surface area contributed by atoms with Crippen molar-refractivity contribution in [3.63, 3.8) is 0 Å². The topological polar surface area (TPSA) is 92.3 Å². The van der Waals surface area contributed by atoms with Gasteiger partial charge in [-0.1, -0.05) is 19.9 Å². The fraction of sp³-hybridized carbons (Fsp3) is 0.348. The molecule has 2 aliphatic rings. The Balaban J connectivity index is 1.88. The molecule has 0 aromatic carbocycles. The van der Waals surface area contributed by atoms with Gasteiger partial charge in [0.15, 0.2) is 5.78 Å². The number of nitrogens with one attached hydrogen (secondary N) is 1. The summed E-state index contributed by atoms with van der Waals surface area (Å²) in [4.78, 5) is 48.1. The summed E-state index contributed by atoms with van der Waals surface area (Å²) in [6.45, 7) is 3.30. The van der Waals surface area contributed by atoms with Crippen molar-refractivity contribution >= 4 is 17.6 Å². The second kappa shape index (κ2) is 7.79. The van der Waals surface area contributed by atoms with Gasteiger partial charge in [-0.15, -0.1) is 0 Å². The Hall–Kier alpha value is -3.56. The van der Waals surface area contributed by atoms with E-state index in [2.05, 4.69) is 9.97 Å². The van der Waals surface area contributed by atoms with Crippen LogP contribution in [0.4, 0.5) is 13.2 Å². The maximum absolute atomic E-state index is 14.7. The predicted octanol–water partition coefficient (Wildman–Crippen LogP) is 3.19. The van der Waals surface area contributed by atoms with E-state index < -0.39 is 40.3 Å². The SMILES string of the molecule is CC1(C)CC(=O)C2=C(C1)N(Cc1cccnc1)C(=O)[C@]2(NC(=O)c1ccncc1)C(F)(F)F. The summed E-state index contributed by atoms with van der Waals surface area (Å²) in [6, 6.07) is 5.68. The van der Waals surface area contributed by atoms with Gasteiger partial charge in [-0.05, 0) is 35.6 Å². The predicted molar refractivity (Wildman–Crippen MR) is 110 cm³/mol. The Morgan fingerprint density at radius 3 is 2.39 bits per heavy atom. The Bertz CT molecular complexity index is 1150. The fourth-order valence-electron chi connectivity index (χ4n) is 4.41. The number of halogens is 3. The first kappa shape index (κ1) is 22.6. The molecule has 0 radical (unpaired) electrons. The normalized spacial score (nSPS) is 22.4. The number of aromatic nitrogens is 2. The number of Topliss-reactive ketones (excluding diaryl/α,β-unsaturated/α-hetero) is 1. The van der Waals surface area contributed by atoms with Crippen LogP contribution in [0.25, 0.3) is 0 Å². The van der Waals surface area contributed by atoms with Gasteiger partial charge >= 0.3 is 6.18 Å². The lowest BCUT2D eigenvalue weighted by Crippen LogP contribution is -2.66. The molecule has 0 fully saturated rings. The second-order valence-electron chi connectivity index (χ2n) is 8.95. The van der Waals surface area contributed by atoms with Gasteiger partial charge in [0.2, 0.25) is 5.54 Å². The average Bonchev–Trinajstić information content (AvgIpc) is 2.97. The largest absolute Gasteiger partial charge is 0.425 e. The first-order chi connectivity index (χ1) is 15.5. The molecule has 0 spiro atoms. The van der Waals surface area contributed by atoms with Gasteiger partial charge in [0.1, 0.15) is 0 Å². The zero-order chi connectivity index (χ0) is 24.0. The lowest BCUT2D eigenvalue weighted by molar-refractivity contribution is -0.190. The van der Waals surface area contributed by atoms with Gasteiger partial charge < -0.3 is 10.2 Å². The molecule has 3 heterocycles. The maximum atomic E-state index is 14.7. The van der Waals surface area contributed by atoms with Crippen LogP contribution in [0.2, 0.25) is 0 Å². The third-order valence-electron chi connectivity index (χ3n) is 5.85. The quantitative estimate of drug-likeness (QED) is 0.760. The van der Waals surface area contributed by atoms with Crippen molar-refractivity contribution in [1.29, 1.82) is 0 Å². The van der Waals surface area contributed by atoms with Crippen molar-refractivity contribution in [2.24, 2.45) is 5.41 Å². The Labute approximate surface area is 187 Å². The van der Waals surface area contributed by atoms with Gasteiger partial charge in [-0.2, -0.15) is 13.2 Å². The van der Waals surface area contributed by atoms with Crippen LogP contribution in [-0.4, -0.2) is 44.2 Å². The van der Waals surface area contributed by atoms with Crippen molar-refractivity contribution in [3.05, 3.63) is 71.4 Å². The molecular formula is C23H21F3N4O3. The van der Waals surface area contributed by atoms with Crippen molar-refractivity contribution in [2.75, 3.05) is 0 Å². The molecule has 1 aliphatic heterocycles. The van der Waals surface area contributed by atoms with Crippen molar-refractivity contribution < 1.29 is 27.6 Å². The summed E-state index contributed by atoms with van der Waals surface area (Å²) in [6.07, 6.45) is 0.0767. The molecule has 33 heavy (non-hydrogen) atoms. The van der Waals surface area contributed by atoms with E-state index >= 15 is 0 Å². The van der Waals surface area contributed by atoms with Crippen LogP contribution < -0.4 is 5.32 Å². The molecule has 0 unspecified atom stereocenters. The Morgan fingerprint density at radius 1 is 1.09 bits per heavy atom. The third-order valence-corrected chi connectivity index (χ3v) is 5.85. The van der Waals surface area contributed by atoms with E-state index in [0.29, 0.717) is 5.56 Å². The summed E-state index contributed by atoms with van der Waals surface area (Å²) < 4.78 is 44.2. The fourth-order valence-corrected chi connectivity index (χ4v) is 4.41. The lowest BCUT2D eigenvalue weighted by Gasteiger charge is -2.35. The molecule has 4 rings (SSSR count). The highest BCUT2D eigenvalue weighted by Gasteiger charge is 2.71. The van der Waals surface area contributed by atoms with E-state index in [0.717, 1.165) is 4.90 Å². The van der Waals surface area contributed by atoms with Crippen LogP contribution in [0.3, 0.4) is 0 Å². The molecule has 1 N–H and O–H groups in total. The molecule has 0 saturated heterocycles. The highest BCUT2D eigenvalue weighted by molar-refractivity contribution is 6.14. The molecule has 1 aliphatic carbocycles. The van der Waals surface area contributed by atoms with E-state index in [-0.39, 0.29) is 30.6 Å². The van der Waals surface area contributed by atoms with Crippen LogP contribution in [-0.2, 0) is 16.1 Å². The molecule has 2 aromatic heterocycles. The highest BCUT2D eigenvalue weighted by atomic mass is 19.4. The summed E-state index contributed by atoms with van der Waals surface area (Å²) in [5.41, 5.74) is -4.47. The van der Waals surface area contributed by atoms with Crippen LogP contribution in [0.5, 0.6) is 0 Å². The third kappa shape index (κ3) is 3.79. The van der Waals surface area contributed by atoms with E-state index in [1.807, 2.05) is 5.32 Å². The molecule has 0 bridgehead atoms.